The number of aromatic nitrogens is 4. The van der Waals surface area contributed by atoms with Crippen LogP contribution in [0.3, 0.4) is 0 Å². The second-order valence-electron chi connectivity index (χ2n) is 6.67. The number of nitrogens with zero attached hydrogens (tertiary/aromatic N) is 4. The molecule has 1 aromatic carbocycles. The third kappa shape index (κ3) is 3.38. The number of fused-ring (bicyclic) bond motifs is 2. The second kappa shape index (κ2) is 7.15. The van der Waals surface area contributed by atoms with Crippen molar-refractivity contribution >= 4 is 33.7 Å². The molecule has 0 atom stereocenters. The zero-order valence-corrected chi connectivity index (χ0v) is 15.4. The summed E-state index contributed by atoms with van der Waals surface area (Å²) in [5.74, 6) is 0.336. The summed E-state index contributed by atoms with van der Waals surface area (Å²) < 4.78 is 1.89. The molecular weight excluding hydrogens is 338 g/mol. The van der Waals surface area contributed by atoms with Crippen LogP contribution in [0, 0.1) is 6.92 Å². The lowest BCUT2D eigenvalue weighted by atomic mass is 10.1. The molecular formula is C21H21N5O. The highest BCUT2D eigenvalue weighted by molar-refractivity contribution is 6.08. The fraction of sp³-hybridized carbons (Fsp3) is 0.238. The predicted octanol–water partition coefficient (Wildman–Crippen LogP) is 4.34. The first kappa shape index (κ1) is 17.1. The maximum atomic E-state index is 12.6. The summed E-state index contributed by atoms with van der Waals surface area (Å²) in [6.45, 7) is 4.96. The Morgan fingerprint density at radius 1 is 1.15 bits per heavy atom. The molecule has 3 heterocycles. The van der Waals surface area contributed by atoms with E-state index in [-0.39, 0.29) is 5.91 Å². The van der Waals surface area contributed by atoms with Gasteiger partial charge in [-0.15, -0.1) is 0 Å². The molecule has 0 fully saturated rings. The van der Waals surface area contributed by atoms with Gasteiger partial charge in [0, 0.05) is 29.9 Å². The molecule has 0 unspecified atom stereocenters. The van der Waals surface area contributed by atoms with Gasteiger partial charge < -0.3 is 5.32 Å². The highest BCUT2D eigenvalue weighted by Crippen LogP contribution is 2.27. The van der Waals surface area contributed by atoms with Crippen molar-refractivity contribution in [1.82, 2.24) is 19.7 Å². The van der Waals surface area contributed by atoms with Crippen molar-refractivity contribution in [3.05, 3.63) is 59.9 Å². The van der Waals surface area contributed by atoms with Gasteiger partial charge in [0.15, 0.2) is 11.5 Å². The highest BCUT2D eigenvalue weighted by atomic mass is 16.1. The minimum Gasteiger partial charge on any atom is -0.304 e. The lowest BCUT2D eigenvalue weighted by Crippen LogP contribution is -2.13. The molecule has 0 aliphatic heterocycles. The summed E-state index contributed by atoms with van der Waals surface area (Å²) in [6.07, 6.45) is 5.27. The molecule has 0 aliphatic carbocycles. The first-order valence-electron chi connectivity index (χ1n) is 9.15. The van der Waals surface area contributed by atoms with E-state index in [9.17, 15) is 4.79 Å². The van der Waals surface area contributed by atoms with Crippen molar-refractivity contribution in [2.45, 2.75) is 33.2 Å². The summed E-state index contributed by atoms with van der Waals surface area (Å²) in [4.78, 5) is 21.4. The highest BCUT2D eigenvalue weighted by Gasteiger charge is 2.16. The topological polar surface area (TPSA) is 72.7 Å². The van der Waals surface area contributed by atoms with E-state index in [2.05, 4.69) is 47.4 Å². The number of anilines is 1. The molecule has 0 saturated heterocycles. The first-order valence-corrected chi connectivity index (χ1v) is 9.15. The molecule has 6 heteroatoms. The summed E-state index contributed by atoms with van der Waals surface area (Å²) in [5, 5.41) is 9.48. The quantitative estimate of drug-likeness (QED) is 0.575. The van der Waals surface area contributed by atoms with Gasteiger partial charge in [-0.05, 0) is 43.7 Å². The van der Waals surface area contributed by atoms with E-state index in [0.29, 0.717) is 11.4 Å². The monoisotopic (exact) mass is 359 g/mol. The van der Waals surface area contributed by atoms with Gasteiger partial charge in [0.05, 0.1) is 10.9 Å². The van der Waals surface area contributed by atoms with Crippen molar-refractivity contribution in [2.24, 2.45) is 0 Å². The van der Waals surface area contributed by atoms with E-state index in [1.54, 1.807) is 24.5 Å². The fourth-order valence-corrected chi connectivity index (χ4v) is 3.12. The molecule has 4 rings (SSSR count). The molecule has 4 aromatic rings. The second-order valence-corrected chi connectivity index (χ2v) is 6.67. The Bertz CT molecular complexity index is 1120. The van der Waals surface area contributed by atoms with Crippen LogP contribution in [-0.2, 0) is 6.54 Å². The van der Waals surface area contributed by atoms with Gasteiger partial charge in [-0.1, -0.05) is 25.0 Å². The molecule has 0 radical (unpaired) electrons. The van der Waals surface area contributed by atoms with Gasteiger partial charge >= 0.3 is 0 Å². The van der Waals surface area contributed by atoms with E-state index >= 15 is 0 Å². The van der Waals surface area contributed by atoms with E-state index in [1.807, 2.05) is 10.7 Å². The van der Waals surface area contributed by atoms with Crippen LogP contribution >= 0.6 is 0 Å². The summed E-state index contributed by atoms with van der Waals surface area (Å²) >= 11 is 0. The van der Waals surface area contributed by atoms with Gasteiger partial charge in [0.25, 0.3) is 5.91 Å². The number of nitrogens with one attached hydrogen (secondary N) is 1. The number of hydrogen-bond acceptors (Lipinski definition) is 4. The van der Waals surface area contributed by atoms with Crippen molar-refractivity contribution in [3.63, 3.8) is 0 Å². The average molecular weight is 359 g/mol. The lowest BCUT2D eigenvalue weighted by Gasteiger charge is -2.03. The zero-order chi connectivity index (χ0) is 18.8. The molecule has 0 spiro atoms. The Kier molecular flexibility index (Phi) is 4.54. The Morgan fingerprint density at radius 2 is 1.96 bits per heavy atom. The van der Waals surface area contributed by atoms with E-state index < -0.39 is 0 Å². The molecule has 0 saturated carbocycles. The van der Waals surface area contributed by atoms with Crippen LogP contribution in [0.1, 0.15) is 35.7 Å². The number of unbranched alkanes of at least 4 members (excludes halogenated alkanes) is 1. The van der Waals surface area contributed by atoms with E-state index in [4.69, 9.17) is 4.98 Å². The third-order valence-corrected chi connectivity index (χ3v) is 4.57. The van der Waals surface area contributed by atoms with Crippen LogP contribution in [0.4, 0.5) is 5.82 Å². The number of amides is 1. The van der Waals surface area contributed by atoms with Crippen LogP contribution in [-0.4, -0.2) is 25.7 Å². The molecule has 27 heavy (non-hydrogen) atoms. The van der Waals surface area contributed by atoms with E-state index in [1.165, 1.54) is 5.56 Å². The standard InChI is InChI=1S/C21H21N5O/c1-3-4-11-26-20-17(13-16-12-14(2)5-6-18(16)23-20)19(25-26)24-21(27)15-7-9-22-10-8-15/h5-10,12-13H,3-4,11H2,1-2H3,(H,24,25,27). The molecule has 136 valence electrons. The molecule has 0 aliphatic rings. The normalized spacial score (nSPS) is 11.2. The van der Waals surface area contributed by atoms with Crippen LogP contribution in [0.15, 0.2) is 48.8 Å². The number of carbonyl (C=O) groups excluding carboxylic acids is 1. The first-order chi connectivity index (χ1) is 13.2. The van der Waals surface area contributed by atoms with Crippen LogP contribution in [0.25, 0.3) is 21.9 Å². The van der Waals surface area contributed by atoms with E-state index in [0.717, 1.165) is 41.3 Å². The van der Waals surface area contributed by atoms with Crippen LogP contribution in [0.2, 0.25) is 0 Å². The Hall–Kier alpha value is -3.28. The zero-order valence-electron chi connectivity index (χ0n) is 15.4. The van der Waals surface area contributed by atoms with Gasteiger partial charge in [-0.2, -0.15) is 5.10 Å². The minimum absolute atomic E-state index is 0.205. The van der Waals surface area contributed by atoms with Gasteiger partial charge in [-0.3, -0.25) is 9.78 Å². The Labute approximate surface area is 157 Å². The molecule has 3 aromatic heterocycles. The average Bonchev–Trinajstić information content (AvgIpc) is 3.01. The largest absolute Gasteiger partial charge is 0.304 e. The molecule has 6 nitrogen and oxygen atoms in total. The number of aryl methyl sites for hydroxylation is 2. The molecule has 1 N–H and O–H groups in total. The van der Waals surface area contributed by atoms with Crippen molar-refractivity contribution in [1.29, 1.82) is 0 Å². The Balaban J connectivity index is 1.81. The third-order valence-electron chi connectivity index (χ3n) is 4.57. The number of carbonyl (C=O) groups is 1. The van der Waals surface area contributed by atoms with Gasteiger partial charge in [-0.25, -0.2) is 9.67 Å². The van der Waals surface area contributed by atoms with Crippen molar-refractivity contribution in [2.75, 3.05) is 5.32 Å². The SMILES string of the molecule is CCCCn1nc(NC(=O)c2ccncc2)c2cc3cc(C)ccc3nc21. The van der Waals surface area contributed by atoms with Gasteiger partial charge in [0.2, 0.25) is 0 Å². The smallest absolute Gasteiger partial charge is 0.256 e. The predicted molar refractivity (Wildman–Crippen MR) is 107 cm³/mol. The minimum atomic E-state index is -0.205. The lowest BCUT2D eigenvalue weighted by molar-refractivity contribution is 0.102. The van der Waals surface area contributed by atoms with Crippen molar-refractivity contribution in [3.8, 4) is 0 Å². The Morgan fingerprint density at radius 3 is 2.74 bits per heavy atom. The van der Waals surface area contributed by atoms with Crippen molar-refractivity contribution < 1.29 is 4.79 Å². The maximum Gasteiger partial charge on any atom is 0.256 e. The maximum absolute atomic E-state index is 12.6. The number of hydrogen-bond donors (Lipinski definition) is 1. The molecule has 0 bridgehead atoms. The summed E-state index contributed by atoms with van der Waals surface area (Å²) in [6, 6.07) is 11.6. The number of benzene rings is 1. The summed E-state index contributed by atoms with van der Waals surface area (Å²) in [5.41, 5.74) is 3.44. The fourth-order valence-electron chi connectivity index (χ4n) is 3.12. The number of pyridine rings is 2. The van der Waals surface area contributed by atoms with Crippen LogP contribution < -0.4 is 5.32 Å². The number of rotatable bonds is 5. The van der Waals surface area contributed by atoms with Gasteiger partial charge in [0.1, 0.15) is 0 Å². The molecule has 1 amide bonds. The summed E-state index contributed by atoms with van der Waals surface area (Å²) in [7, 11) is 0. The van der Waals surface area contributed by atoms with Crippen LogP contribution in [0.5, 0.6) is 0 Å².